The predicted molar refractivity (Wildman–Crippen MR) is 127 cm³/mol. The van der Waals surface area contributed by atoms with Crippen molar-refractivity contribution in [3.05, 3.63) is 63.7 Å². The largest absolute Gasteiger partial charge is 0.371 e. The lowest BCUT2D eigenvalue weighted by molar-refractivity contribution is -0.384. The Morgan fingerprint density at radius 2 is 1.76 bits per heavy atom. The summed E-state index contributed by atoms with van der Waals surface area (Å²) < 4.78 is 25.7. The molecule has 1 fully saturated rings. The molecule has 9 nitrogen and oxygen atoms in total. The zero-order chi connectivity index (χ0) is 24.3. The summed E-state index contributed by atoms with van der Waals surface area (Å²) in [6.07, 6.45) is 1.99. The van der Waals surface area contributed by atoms with E-state index in [9.17, 15) is 23.3 Å². The van der Waals surface area contributed by atoms with Gasteiger partial charge >= 0.3 is 0 Å². The van der Waals surface area contributed by atoms with Gasteiger partial charge in [0.25, 0.3) is 11.6 Å². The number of piperidine rings is 1. The summed E-state index contributed by atoms with van der Waals surface area (Å²) in [4.78, 5) is 26.3. The van der Waals surface area contributed by atoms with Crippen LogP contribution < -0.4 is 10.2 Å². The minimum Gasteiger partial charge on any atom is -0.371 e. The molecule has 0 aliphatic carbocycles. The maximum atomic E-state index is 13.2. The first-order valence-electron chi connectivity index (χ1n) is 10.9. The molecule has 2 aromatic rings. The van der Waals surface area contributed by atoms with Crippen molar-refractivity contribution in [1.82, 2.24) is 9.62 Å². The minimum absolute atomic E-state index is 0.139. The summed E-state index contributed by atoms with van der Waals surface area (Å²) in [7, 11) is -0.616. The zero-order valence-corrected chi connectivity index (χ0v) is 20.1. The van der Waals surface area contributed by atoms with Crippen LogP contribution in [0.25, 0.3) is 0 Å². The Morgan fingerprint density at radius 3 is 2.30 bits per heavy atom. The smallest absolute Gasteiger partial charge is 0.270 e. The highest BCUT2D eigenvalue weighted by atomic mass is 32.2. The van der Waals surface area contributed by atoms with Crippen molar-refractivity contribution in [3.63, 3.8) is 0 Å². The van der Waals surface area contributed by atoms with Crippen molar-refractivity contribution < 1.29 is 18.1 Å². The number of non-ortho nitro benzene ring substituents is 1. The number of benzene rings is 2. The summed E-state index contributed by atoms with van der Waals surface area (Å²) in [5, 5.41) is 14.2. The lowest BCUT2D eigenvalue weighted by Gasteiger charge is -2.33. The molecule has 1 amide bonds. The molecule has 33 heavy (non-hydrogen) atoms. The van der Waals surface area contributed by atoms with Gasteiger partial charge in [0, 0.05) is 39.3 Å². The van der Waals surface area contributed by atoms with Crippen molar-refractivity contribution in [1.29, 1.82) is 0 Å². The van der Waals surface area contributed by atoms with Gasteiger partial charge in [-0.05, 0) is 49.4 Å². The van der Waals surface area contributed by atoms with Gasteiger partial charge in [0.1, 0.15) is 0 Å². The quantitative estimate of drug-likeness (QED) is 0.485. The van der Waals surface area contributed by atoms with E-state index in [0.717, 1.165) is 35.8 Å². The van der Waals surface area contributed by atoms with E-state index in [0.29, 0.717) is 11.6 Å². The Bertz CT molecular complexity index is 1120. The number of nitro benzene ring substituents is 1. The molecule has 1 heterocycles. The number of sulfonamides is 1. The van der Waals surface area contributed by atoms with Crippen molar-refractivity contribution >= 4 is 27.3 Å². The number of carbonyl (C=O) groups is 1. The van der Waals surface area contributed by atoms with Crippen molar-refractivity contribution in [3.8, 4) is 0 Å². The van der Waals surface area contributed by atoms with Gasteiger partial charge in [-0.2, -0.15) is 0 Å². The van der Waals surface area contributed by atoms with E-state index in [4.69, 9.17) is 0 Å². The molecule has 0 aromatic heterocycles. The van der Waals surface area contributed by atoms with Crippen LogP contribution in [0.5, 0.6) is 0 Å². The topological polar surface area (TPSA) is 113 Å². The number of nitro groups is 1. The molecule has 0 spiro atoms. The molecule has 3 rings (SSSR count). The average molecular weight is 475 g/mol. The van der Waals surface area contributed by atoms with Gasteiger partial charge in [0.15, 0.2) is 0 Å². The normalized spacial score (nSPS) is 16.0. The first-order chi connectivity index (χ1) is 15.5. The Morgan fingerprint density at radius 1 is 1.15 bits per heavy atom. The Kier molecular flexibility index (Phi) is 7.38. The van der Waals surface area contributed by atoms with Crippen molar-refractivity contribution in [2.75, 3.05) is 32.1 Å². The van der Waals surface area contributed by atoms with Crippen LogP contribution in [-0.2, 0) is 10.0 Å². The minimum atomic E-state index is -3.54. The van der Waals surface area contributed by atoms with E-state index in [2.05, 4.69) is 17.1 Å². The third-order valence-electron chi connectivity index (χ3n) is 6.07. The molecule has 10 heteroatoms. The third-order valence-corrected chi connectivity index (χ3v) is 7.90. The molecule has 2 aromatic carbocycles. The number of carbonyl (C=O) groups excluding carboxylic acids is 1. The fraction of sp³-hybridized carbons (Fsp3) is 0.435. The highest BCUT2D eigenvalue weighted by molar-refractivity contribution is 7.89. The van der Waals surface area contributed by atoms with E-state index >= 15 is 0 Å². The highest BCUT2D eigenvalue weighted by Crippen LogP contribution is 2.30. The summed E-state index contributed by atoms with van der Waals surface area (Å²) in [6, 6.07) is 10.3. The van der Waals surface area contributed by atoms with Gasteiger partial charge in [0.05, 0.1) is 27.1 Å². The third kappa shape index (κ3) is 5.51. The van der Waals surface area contributed by atoms with Crippen LogP contribution in [0.3, 0.4) is 0 Å². The van der Waals surface area contributed by atoms with E-state index in [1.807, 2.05) is 0 Å². The zero-order valence-electron chi connectivity index (χ0n) is 19.3. The molecular formula is C23H30N4O5S. The number of hydrogen-bond acceptors (Lipinski definition) is 6. The Hall–Kier alpha value is -2.98. The molecule has 1 atom stereocenters. The lowest BCUT2D eigenvalue weighted by Crippen LogP contribution is -2.35. The Balaban J connectivity index is 1.84. The standard InChI is InChI=1S/C23H30N4O5S/c1-16-11-13-26(14-12-16)22-10-7-19(27(29)30)15-21(22)23(28)24-17(2)18-5-8-20(9-6-18)33(31,32)25(3)4/h5-10,15-17H,11-14H2,1-4H3,(H,24,28). The van der Waals surface area contributed by atoms with Gasteiger partial charge in [-0.25, -0.2) is 12.7 Å². The summed E-state index contributed by atoms with van der Waals surface area (Å²) in [6.45, 7) is 5.55. The van der Waals surface area contributed by atoms with Crippen LogP contribution in [0.2, 0.25) is 0 Å². The van der Waals surface area contributed by atoms with Gasteiger partial charge in [-0.3, -0.25) is 14.9 Å². The molecule has 1 unspecified atom stereocenters. The number of rotatable bonds is 7. The van der Waals surface area contributed by atoms with E-state index in [-0.39, 0.29) is 16.1 Å². The second-order valence-corrected chi connectivity index (χ2v) is 10.8. The fourth-order valence-electron chi connectivity index (χ4n) is 3.84. The second kappa shape index (κ2) is 9.88. The molecule has 0 radical (unpaired) electrons. The number of nitrogens with zero attached hydrogens (tertiary/aromatic N) is 3. The summed E-state index contributed by atoms with van der Waals surface area (Å²) in [5.41, 5.74) is 1.53. The Labute approximate surface area is 194 Å². The molecule has 0 bridgehead atoms. The van der Waals surface area contributed by atoms with Gasteiger partial charge < -0.3 is 10.2 Å². The van der Waals surface area contributed by atoms with E-state index < -0.39 is 26.9 Å². The number of amides is 1. The summed E-state index contributed by atoms with van der Waals surface area (Å²) in [5.74, 6) is 0.195. The van der Waals surface area contributed by atoms with E-state index in [1.54, 1.807) is 25.1 Å². The summed E-state index contributed by atoms with van der Waals surface area (Å²) >= 11 is 0. The monoisotopic (exact) mass is 474 g/mol. The van der Waals surface area contributed by atoms with Crippen LogP contribution in [0.4, 0.5) is 11.4 Å². The number of hydrogen-bond donors (Lipinski definition) is 1. The molecule has 1 aliphatic heterocycles. The lowest BCUT2D eigenvalue weighted by atomic mass is 9.97. The predicted octanol–water partition coefficient (Wildman–Crippen LogP) is 3.57. The molecule has 0 saturated carbocycles. The van der Waals surface area contributed by atoms with Crippen LogP contribution in [-0.4, -0.2) is 50.7 Å². The molecule has 1 saturated heterocycles. The van der Waals surface area contributed by atoms with Gasteiger partial charge in [0.2, 0.25) is 10.0 Å². The molecular weight excluding hydrogens is 444 g/mol. The number of nitrogens with one attached hydrogen (secondary N) is 1. The van der Waals surface area contributed by atoms with Crippen LogP contribution >= 0.6 is 0 Å². The maximum absolute atomic E-state index is 13.2. The highest BCUT2D eigenvalue weighted by Gasteiger charge is 2.25. The van der Waals surface area contributed by atoms with Crippen LogP contribution in [0.15, 0.2) is 47.4 Å². The molecule has 1 N–H and O–H groups in total. The molecule has 178 valence electrons. The second-order valence-electron chi connectivity index (χ2n) is 8.68. The van der Waals surface area contributed by atoms with Crippen LogP contribution in [0, 0.1) is 16.0 Å². The maximum Gasteiger partial charge on any atom is 0.270 e. The van der Waals surface area contributed by atoms with Crippen molar-refractivity contribution in [2.24, 2.45) is 5.92 Å². The molecule has 1 aliphatic rings. The average Bonchev–Trinajstić information content (AvgIpc) is 2.79. The first kappa shape index (κ1) is 24.7. The van der Waals surface area contributed by atoms with Crippen molar-refractivity contribution in [2.45, 2.75) is 37.6 Å². The SMILES string of the molecule is CC1CCN(c2ccc([N+](=O)[O-])cc2C(=O)NC(C)c2ccc(S(=O)(=O)N(C)C)cc2)CC1. The van der Waals surface area contributed by atoms with Crippen LogP contribution in [0.1, 0.15) is 48.7 Å². The van der Waals surface area contributed by atoms with Gasteiger partial charge in [-0.1, -0.05) is 19.1 Å². The first-order valence-corrected chi connectivity index (χ1v) is 12.3. The van der Waals surface area contributed by atoms with E-state index in [1.165, 1.54) is 38.4 Å². The van der Waals surface area contributed by atoms with Gasteiger partial charge in [-0.15, -0.1) is 0 Å². The number of anilines is 1. The fourth-order valence-corrected chi connectivity index (χ4v) is 4.74.